The summed E-state index contributed by atoms with van der Waals surface area (Å²) in [5, 5.41) is 19.6. The first-order chi connectivity index (χ1) is 12.9. The standard InChI is InChI=1S/C16H15F3N8/c1-7-2-13(26-25-7)16(20)10-6-22-27-14(10)23-15(24-16)21-5-9-11(18)3-8(17)4-12(9)19/h2-4,6H,5,20H2,1H3,(H,25,26)(H3,21,22,23,24,27). The quantitative estimate of drug-likeness (QED) is 0.476. The predicted molar refractivity (Wildman–Crippen MR) is 91.1 cm³/mol. The molecule has 4 rings (SSSR count). The summed E-state index contributed by atoms with van der Waals surface area (Å²) in [5.41, 5.74) is 6.76. The molecule has 27 heavy (non-hydrogen) atoms. The molecule has 1 aliphatic rings. The Morgan fingerprint density at radius 2 is 1.89 bits per heavy atom. The van der Waals surface area contributed by atoms with Gasteiger partial charge in [0, 0.05) is 23.4 Å². The first-order valence-electron chi connectivity index (χ1n) is 7.95. The van der Waals surface area contributed by atoms with Gasteiger partial charge in [0.15, 0.2) is 11.6 Å². The van der Waals surface area contributed by atoms with Crippen LogP contribution in [-0.2, 0) is 12.2 Å². The highest BCUT2D eigenvalue weighted by Gasteiger charge is 2.40. The summed E-state index contributed by atoms with van der Waals surface area (Å²) in [7, 11) is 0. The highest BCUT2D eigenvalue weighted by Crippen LogP contribution is 2.31. The summed E-state index contributed by atoms with van der Waals surface area (Å²) in [6.45, 7) is 1.46. The maximum Gasteiger partial charge on any atom is 0.199 e. The van der Waals surface area contributed by atoms with Crippen molar-refractivity contribution in [3.05, 3.63) is 64.4 Å². The van der Waals surface area contributed by atoms with Gasteiger partial charge in [0.25, 0.3) is 0 Å². The van der Waals surface area contributed by atoms with Crippen molar-refractivity contribution in [1.82, 2.24) is 25.7 Å². The lowest BCUT2D eigenvalue weighted by molar-refractivity contribution is 0.475. The van der Waals surface area contributed by atoms with Crippen molar-refractivity contribution in [1.29, 1.82) is 0 Å². The number of aryl methyl sites for hydroxylation is 1. The SMILES string of the molecule is Cc1cc(C2(N)NC(=NCc3c(F)cc(F)cc3F)Nc3[nH]ncc32)n[nH]1. The number of rotatable bonds is 3. The van der Waals surface area contributed by atoms with Crippen LogP contribution in [0, 0.1) is 24.4 Å². The number of hydrogen-bond acceptors (Lipinski definition) is 4. The molecule has 0 radical (unpaired) electrons. The van der Waals surface area contributed by atoms with E-state index in [0.29, 0.717) is 29.2 Å². The van der Waals surface area contributed by atoms with Gasteiger partial charge < -0.3 is 10.6 Å². The molecule has 0 saturated carbocycles. The Bertz CT molecular complexity index is 1020. The molecule has 140 valence electrons. The molecule has 1 atom stereocenters. The second-order valence-corrected chi connectivity index (χ2v) is 6.17. The summed E-state index contributed by atoms with van der Waals surface area (Å²) in [4.78, 5) is 4.14. The molecule has 0 spiro atoms. The third-order valence-corrected chi connectivity index (χ3v) is 4.23. The molecule has 1 unspecified atom stereocenters. The van der Waals surface area contributed by atoms with Gasteiger partial charge in [0.2, 0.25) is 0 Å². The Morgan fingerprint density at radius 1 is 1.15 bits per heavy atom. The van der Waals surface area contributed by atoms with Crippen molar-refractivity contribution < 1.29 is 13.2 Å². The lowest BCUT2D eigenvalue weighted by atomic mass is 9.97. The van der Waals surface area contributed by atoms with E-state index in [-0.39, 0.29) is 18.1 Å². The molecule has 1 aliphatic heterocycles. The maximum absolute atomic E-state index is 13.8. The summed E-state index contributed by atoms with van der Waals surface area (Å²) in [6.07, 6.45) is 1.54. The molecule has 6 N–H and O–H groups in total. The van der Waals surface area contributed by atoms with E-state index in [2.05, 4.69) is 36.0 Å². The van der Waals surface area contributed by atoms with Crippen LogP contribution in [0.4, 0.5) is 19.0 Å². The number of aliphatic imine (C=N–C) groups is 1. The molecule has 8 nitrogen and oxygen atoms in total. The fourth-order valence-corrected chi connectivity index (χ4v) is 2.87. The van der Waals surface area contributed by atoms with E-state index in [9.17, 15) is 13.2 Å². The lowest BCUT2D eigenvalue weighted by Gasteiger charge is -2.34. The van der Waals surface area contributed by atoms with Crippen LogP contribution >= 0.6 is 0 Å². The molecule has 11 heteroatoms. The molecule has 0 amide bonds. The van der Waals surface area contributed by atoms with Gasteiger partial charge in [-0.2, -0.15) is 10.2 Å². The van der Waals surface area contributed by atoms with E-state index in [0.717, 1.165) is 5.69 Å². The van der Waals surface area contributed by atoms with E-state index >= 15 is 0 Å². The Kier molecular flexibility index (Phi) is 3.88. The van der Waals surface area contributed by atoms with Crippen molar-refractivity contribution in [2.75, 3.05) is 5.32 Å². The van der Waals surface area contributed by atoms with Gasteiger partial charge in [0.05, 0.1) is 18.3 Å². The van der Waals surface area contributed by atoms with E-state index in [1.165, 1.54) is 6.20 Å². The van der Waals surface area contributed by atoms with Gasteiger partial charge >= 0.3 is 0 Å². The average Bonchev–Trinajstić information content (AvgIpc) is 3.23. The number of nitrogens with two attached hydrogens (primary N) is 1. The van der Waals surface area contributed by atoms with Gasteiger partial charge in [-0.15, -0.1) is 0 Å². The Hall–Kier alpha value is -3.34. The largest absolute Gasteiger partial charge is 0.329 e. The number of guanidine groups is 1. The third kappa shape index (κ3) is 2.91. The minimum Gasteiger partial charge on any atom is -0.329 e. The zero-order valence-corrected chi connectivity index (χ0v) is 14.1. The zero-order valence-electron chi connectivity index (χ0n) is 14.1. The van der Waals surface area contributed by atoms with Crippen LogP contribution in [0.2, 0.25) is 0 Å². The summed E-state index contributed by atoms with van der Waals surface area (Å²) < 4.78 is 40.7. The van der Waals surface area contributed by atoms with Gasteiger partial charge in [0.1, 0.15) is 29.0 Å². The Balaban J connectivity index is 1.69. The topological polar surface area (TPSA) is 120 Å². The van der Waals surface area contributed by atoms with E-state index in [1.54, 1.807) is 6.07 Å². The van der Waals surface area contributed by atoms with Gasteiger partial charge in [-0.25, -0.2) is 18.2 Å². The van der Waals surface area contributed by atoms with Crippen LogP contribution in [0.1, 0.15) is 22.5 Å². The van der Waals surface area contributed by atoms with E-state index in [4.69, 9.17) is 5.73 Å². The van der Waals surface area contributed by atoms with Gasteiger partial charge in [-0.3, -0.25) is 15.9 Å². The predicted octanol–water partition coefficient (Wildman–Crippen LogP) is 1.59. The average molecular weight is 376 g/mol. The molecule has 2 aromatic heterocycles. The van der Waals surface area contributed by atoms with Crippen LogP contribution in [0.5, 0.6) is 0 Å². The number of benzene rings is 1. The van der Waals surface area contributed by atoms with Crippen LogP contribution < -0.4 is 16.4 Å². The summed E-state index contributed by atoms with van der Waals surface area (Å²) >= 11 is 0. The lowest BCUT2D eigenvalue weighted by Crippen LogP contribution is -2.59. The first kappa shape index (κ1) is 17.1. The number of fused-ring (bicyclic) bond motifs is 1. The van der Waals surface area contributed by atoms with Crippen molar-refractivity contribution in [2.24, 2.45) is 10.7 Å². The number of hydrogen-bond donors (Lipinski definition) is 5. The molecule has 0 fully saturated rings. The van der Waals surface area contributed by atoms with Crippen LogP contribution in [0.15, 0.2) is 29.4 Å². The third-order valence-electron chi connectivity index (χ3n) is 4.23. The summed E-state index contributed by atoms with van der Waals surface area (Å²) in [6, 6.07) is 2.96. The van der Waals surface area contributed by atoms with Crippen molar-refractivity contribution in [3.8, 4) is 0 Å². The Labute approximate surface area is 151 Å². The highest BCUT2D eigenvalue weighted by molar-refractivity contribution is 5.96. The molecular weight excluding hydrogens is 361 g/mol. The van der Waals surface area contributed by atoms with Crippen LogP contribution in [0.3, 0.4) is 0 Å². The minimum atomic E-state index is -1.27. The fourth-order valence-electron chi connectivity index (χ4n) is 2.87. The van der Waals surface area contributed by atoms with Crippen molar-refractivity contribution >= 4 is 11.8 Å². The number of anilines is 1. The molecule has 3 heterocycles. The Morgan fingerprint density at radius 3 is 2.56 bits per heavy atom. The fraction of sp³-hybridized carbons (Fsp3) is 0.188. The van der Waals surface area contributed by atoms with E-state index < -0.39 is 23.1 Å². The normalized spacial score (nSPS) is 20.3. The second kappa shape index (κ2) is 6.13. The summed E-state index contributed by atoms with van der Waals surface area (Å²) in [5.74, 6) is -2.41. The smallest absolute Gasteiger partial charge is 0.199 e. The highest BCUT2D eigenvalue weighted by atomic mass is 19.1. The number of halogens is 3. The van der Waals surface area contributed by atoms with Gasteiger partial charge in [-0.1, -0.05) is 0 Å². The molecule has 1 aromatic carbocycles. The molecular formula is C16H15F3N8. The number of nitrogens with one attached hydrogen (secondary N) is 4. The molecule has 3 aromatic rings. The monoisotopic (exact) mass is 376 g/mol. The number of nitrogens with zero attached hydrogens (tertiary/aromatic N) is 3. The zero-order chi connectivity index (χ0) is 19.2. The molecule has 0 bridgehead atoms. The van der Waals surface area contributed by atoms with Crippen LogP contribution in [-0.4, -0.2) is 26.4 Å². The van der Waals surface area contributed by atoms with Crippen LogP contribution in [0.25, 0.3) is 0 Å². The van der Waals surface area contributed by atoms with E-state index in [1.807, 2.05) is 6.92 Å². The molecule has 0 aliphatic carbocycles. The number of H-pyrrole nitrogens is 2. The van der Waals surface area contributed by atoms with Crippen molar-refractivity contribution in [3.63, 3.8) is 0 Å². The molecule has 0 saturated heterocycles. The van der Waals surface area contributed by atoms with Gasteiger partial charge in [-0.05, 0) is 13.0 Å². The number of aromatic nitrogens is 4. The second-order valence-electron chi connectivity index (χ2n) is 6.17. The first-order valence-corrected chi connectivity index (χ1v) is 7.95. The number of aromatic amines is 2. The minimum absolute atomic E-state index is 0.151. The van der Waals surface area contributed by atoms with Crippen molar-refractivity contribution in [2.45, 2.75) is 19.1 Å². The maximum atomic E-state index is 13.8.